The maximum Gasteiger partial charge on any atom is 0.251 e. The van der Waals surface area contributed by atoms with Crippen LogP contribution in [0.4, 0.5) is 10.7 Å². The molecule has 1 aromatic carbocycles. The maximum atomic E-state index is 12.5. The number of carbonyl (C=O) groups excluding carboxylic acids is 2. The number of aryl methyl sites for hydroxylation is 1. The molecule has 0 spiro atoms. The molecule has 0 bridgehead atoms. The summed E-state index contributed by atoms with van der Waals surface area (Å²) in [4.78, 5) is 27.2. The van der Waals surface area contributed by atoms with E-state index < -0.39 is 5.91 Å². The first kappa shape index (κ1) is 17.4. The second kappa shape index (κ2) is 7.67. The Balaban J connectivity index is 1.75. The number of rotatable bonds is 7. The van der Waals surface area contributed by atoms with Crippen molar-refractivity contribution in [2.75, 3.05) is 29.9 Å². The molecule has 4 N–H and O–H groups in total. The smallest absolute Gasteiger partial charge is 0.251 e. The molecule has 0 radical (unpaired) electrons. The highest BCUT2D eigenvalue weighted by Gasteiger charge is 2.26. The van der Waals surface area contributed by atoms with Gasteiger partial charge in [0.15, 0.2) is 0 Å². The van der Waals surface area contributed by atoms with E-state index in [4.69, 9.17) is 5.73 Å². The number of nitrogens with two attached hydrogens (primary N) is 1. The van der Waals surface area contributed by atoms with Gasteiger partial charge in [0.1, 0.15) is 5.00 Å². The molecule has 2 aromatic rings. The number of hydrogen-bond acceptors (Lipinski definition) is 5. The van der Waals surface area contributed by atoms with Gasteiger partial charge < -0.3 is 21.1 Å². The van der Waals surface area contributed by atoms with E-state index >= 15 is 0 Å². The van der Waals surface area contributed by atoms with Gasteiger partial charge in [-0.05, 0) is 37.0 Å². The minimum absolute atomic E-state index is 0.0536. The number of aliphatic hydroxyl groups is 1. The zero-order chi connectivity index (χ0) is 17.8. The van der Waals surface area contributed by atoms with Crippen molar-refractivity contribution in [2.24, 2.45) is 5.73 Å². The van der Waals surface area contributed by atoms with Crippen molar-refractivity contribution in [2.45, 2.75) is 19.3 Å². The van der Waals surface area contributed by atoms with Gasteiger partial charge in [0.2, 0.25) is 5.91 Å². The number of anilines is 2. The van der Waals surface area contributed by atoms with Gasteiger partial charge in [-0.15, -0.1) is 11.3 Å². The molecule has 2 amide bonds. The summed E-state index contributed by atoms with van der Waals surface area (Å²) in [5.41, 5.74) is 7.82. The first-order chi connectivity index (χ1) is 12.1. The van der Waals surface area contributed by atoms with E-state index in [9.17, 15) is 14.7 Å². The molecule has 0 saturated carbocycles. The van der Waals surface area contributed by atoms with Crippen molar-refractivity contribution >= 4 is 33.8 Å². The molecule has 1 aromatic heterocycles. The van der Waals surface area contributed by atoms with Crippen molar-refractivity contribution in [3.8, 4) is 0 Å². The monoisotopic (exact) mass is 359 g/mol. The average Bonchev–Trinajstić information content (AvgIpc) is 3.15. The minimum atomic E-state index is -0.495. The van der Waals surface area contributed by atoms with Gasteiger partial charge in [0.25, 0.3) is 5.91 Å². The van der Waals surface area contributed by atoms with Gasteiger partial charge in [0.05, 0.1) is 18.7 Å². The number of amides is 2. The second-order valence-corrected chi connectivity index (χ2v) is 7.06. The fourth-order valence-corrected chi connectivity index (χ4v) is 4.46. The summed E-state index contributed by atoms with van der Waals surface area (Å²) in [6, 6.07) is 9.43. The van der Waals surface area contributed by atoms with Gasteiger partial charge in [-0.25, -0.2) is 0 Å². The molecule has 0 fully saturated rings. The van der Waals surface area contributed by atoms with Crippen LogP contribution in [0.15, 0.2) is 30.3 Å². The molecule has 132 valence electrons. The fraction of sp³-hybridized carbons (Fsp3) is 0.333. The third kappa shape index (κ3) is 3.83. The van der Waals surface area contributed by atoms with Crippen LogP contribution < -0.4 is 16.0 Å². The molecule has 7 heteroatoms. The molecular formula is C18H21N3O3S. The summed E-state index contributed by atoms with van der Waals surface area (Å²) in [5.74, 6) is -0.732. The Bertz CT molecular complexity index is 773. The van der Waals surface area contributed by atoms with Gasteiger partial charge in [0, 0.05) is 17.1 Å². The highest BCUT2D eigenvalue weighted by Crippen LogP contribution is 2.38. The van der Waals surface area contributed by atoms with Crippen molar-refractivity contribution in [1.29, 1.82) is 0 Å². The number of fused-ring (bicyclic) bond motifs is 1. The number of thiophene rings is 1. The quantitative estimate of drug-likeness (QED) is 0.702. The molecule has 6 nitrogen and oxygen atoms in total. The van der Waals surface area contributed by atoms with Crippen molar-refractivity contribution in [3.63, 3.8) is 0 Å². The lowest BCUT2D eigenvalue weighted by molar-refractivity contribution is -0.115. The summed E-state index contributed by atoms with van der Waals surface area (Å²) < 4.78 is 0. The van der Waals surface area contributed by atoms with Crippen molar-refractivity contribution in [1.82, 2.24) is 0 Å². The Morgan fingerprint density at radius 3 is 2.68 bits per heavy atom. The molecule has 0 unspecified atom stereocenters. The molecule has 0 atom stereocenters. The number of hydrogen-bond donors (Lipinski definition) is 3. The SMILES string of the molecule is NC(=O)c1c(NC(=O)CN(CCO)c2ccccc2)sc2c1CCC2. The van der Waals surface area contributed by atoms with E-state index in [2.05, 4.69) is 5.32 Å². The van der Waals surface area contributed by atoms with Crippen LogP contribution >= 0.6 is 11.3 Å². The Morgan fingerprint density at radius 2 is 2.00 bits per heavy atom. The van der Waals surface area contributed by atoms with E-state index in [1.54, 1.807) is 4.90 Å². The topological polar surface area (TPSA) is 95.7 Å². The number of carbonyl (C=O) groups is 2. The minimum Gasteiger partial charge on any atom is -0.395 e. The summed E-state index contributed by atoms with van der Waals surface area (Å²) >= 11 is 1.44. The van der Waals surface area contributed by atoms with Crippen LogP contribution in [0.3, 0.4) is 0 Å². The van der Waals surface area contributed by atoms with Crippen LogP contribution in [-0.4, -0.2) is 36.6 Å². The molecular weight excluding hydrogens is 338 g/mol. The van der Waals surface area contributed by atoms with Gasteiger partial charge in [-0.1, -0.05) is 18.2 Å². The third-order valence-corrected chi connectivity index (χ3v) is 5.45. The number of nitrogens with one attached hydrogen (secondary N) is 1. The first-order valence-corrected chi connectivity index (χ1v) is 9.07. The molecule has 1 heterocycles. The number of benzene rings is 1. The predicted octanol–water partition coefficient (Wildman–Crippen LogP) is 1.77. The van der Waals surface area contributed by atoms with Crippen LogP contribution in [0.5, 0.6) is 0 Å². The van der Waals surface area contributed by atoms with Gasteiger partial charge >= 0.3 is 0 Å². The Hall–Kier alpha value is -2.38. The van der Waals surface area contributed by atoms with Crippen molar-refractivity contribution in [3.05, 3.63) is 46.3 Å². The molecule has 3 rings (SSSR count). The lowest BCUT2D eigenvalue weighted by atomic mass is 10.1. The van der Waals surface area contributed by atoms with E-state index in [0.717, 1.165) is 35.4 Å². The molecule has 1 aliphatic rings. The second-order valence-electron chi connectivity index (χ2n) is 5.95. The number of primary amides is 1. The van der Waals surface area contributed by atoms with E-state index in [0.29, 0.717) is 17.1 Å². The summed E-state index contributed by atoms with van der Waals surface area (Å²) in [7, 11) is 0. The maximum absolute atomic E-state index is 12.5. The lowest BCUT2D eigenvalue weighted by Gasteiger charge is -2.23. The van der Waals surface area contributed by atoms with Crippen LogP contribution in [0.1, 0.15) is 27.2 Å². The molecule has 0 saturated heterocycles. The van der Waals surface area contributed by atoms with Crippen LogP contribution in [0, 0.1) is 0 Å². The zero-order valence-electron chi connectivity index (χ0n) is 13.8. The summed E-state index contributed by atoms with van der Waals surface area (Å²) in [6.07, 6.45) is 2.78. The summed E-state index contributed by atoms with van der Waals surface area (Å²) in [5, 5.41) is 12.6. The fourth-order valence-electron chi connectivity index (χ4n) is 3.15. The normalized spacial score (nSPS) is 12.7. The predicted molar refractivity (Wildman–Crippen MR) is 99.2 cm³/mol. The van der Waals surface area contributed by atoms with E-state index in [-0.39, 0.29) is 19.1 Å². The largest absolute Gasteiger partial charge is 0.395 e. The average molecular weight is 359 g/mol. The Labute approximate surface area is 150 Å². The van der Waals surface area contributed by atoms with Gasteiger partial charge in [-0.3, -0.25) is 9.59 Å². The third-order valence-electron chi connectivity index (χ3n) is 4.25. The summed E-state index contributed by atoms with van der Waals surface area (Å²) in [6.45, 7) is 0.383. The van der Waals surface area contributed by atoms with Gasteiger partial charge in [-0.2, -0.15) is 0 Å². The van der Waals surface area contributed by atoms with E-state index in [1.165, 1.54) is 11.3 Å². The zero-order valence-corrected chi connectivity index (χ0v) is 14.6. The van der Waals surface area contributed by atoms with E-state index in [1.807, 2.05) is 30.3 Å². The number of para-hydroxylation sites is 1. The van der Waals surface area contributed by atoms with Crippen LogP contribution in [-0.2, 0) is 17.6 Å². The standard InChI is InChI=1S/C18H21N3O3S/c19-17(24)16-13-7-4-8-14(13)25-18(16)20-15(23)11-21(9-10-22)12-5-2-1-3-6-12/h1-3,5-6,22H,4,7-11H2,(H2,19,24)(H,20,23). The Kier molecular flexibility index (Phi) is 5.35. The molecule has 25 heavy (non-hydrogen) atoms. The van der Waals surface area contributed by atoms with Crippen LogP contribution in [0.2, 0.25) is 0 Å². The molecule has 0 aliphatic heterocycles. The number of nitrogens with zero attached hydrogens (tertiary/aromatic N) is 1. The number of aliphatic hydroxyl groups excluding tert-OH is 1. The highest BCUT2D eigenvalue weighted by atomic mass is 32.1. The lowest BCUT2D eigenvalue weighted by Crippen LogP contribution is -2.35. The van der Waals surface area contributed by atoms with Crippen LogP contribution in [0.25, 0.3) is 0 Å². The Morgan fingerprint density at radius 1 is 1.24 bits per heavy atom. The highest BCUT2D eigenvalue weighted by molar-refractivity contribution is 7.17. The molecule has 1 aliphatic carbocycles. The first-order valence-electron chi connectivity index (χ1n) is 8.25. The van der Waals surface area contributed by atoms with Crippen molar-refractivity contribution < 1.29 is 14.7 Å².